The van der Waals surface area contributed by atoms with Crippen molar-refractivity contribution in [2.75, 3.05) is 0 Å². The third-order valence-electron chi connectivity index (χ3n) is 0.314. The van der Waals surface area contributed by atoms with Crippen LogP contribution in [0.2, 0.25) is 0 Å². The number of hydrogen-bond donors (Lipinski definition) is 1. The molecule has 1 N–H and O–H groups in total. The zero-order chi connectivity index (χ0) is 6.78. The average molecular weight is 166 g/mol. The summed E-state index contributed by atoms with van der Waals surface area (Å²) < 4.78 is 31.5. The zero-order valence-corrected chi connectivity index (χ0v) is 7.60. The van der Waals surface area contributed by atoms with E-state index in [9.17, 15) is 8.42 Å². The molecule has 0 saturated carbocycles. The van der Waals surface area contributed by atoms with Gasteiger partial charge in [-0.3, -0.25) is 4.55 Å². The minimum atomic E-state index is -4.22. The quantitative estimate of drug-likeness (QED) is 0.465. The molecule has 0 aromatic heterocycles. The fourth-order valence-electron chi connectivity index (χ4n) is 0.243. The van der Waals surface area contributed by atoms with Crippen molar-refractivity contribution in [2.24, 2.45) is 0 Å². The maximum Gasteiger partial charge on any atom is 2.00 e. The zero-order valence-electron chi connectivity index (χ0n) is 7.36. The minimum absolute atomic E-state index is 0. The molecule has 4 nitrogen and oxygen atoms in total. The molecule has 0 amide bonds. The number of rotatable bonds is 2. The Morgan fingerprint density at radius 2 is 1.89 bits per heavy atom. The Morgan fingerprint density at radius 3 is 1.89 bits per heavy atom. The van der Waals surface area contributed by atoms with Crippen LogP contribution in [0.15, 0.2) is 0 Å². The van der Waals surface area contributed by atoms with Crippen LogP contribution in [-0.4, -0.2) is 42.1 Å². The van der Waals surface area contributed by atoms with Gasteiger partial charge in [-0.25, -0.2) is 4.18 Å². The third kappa shape index (κ3) is 12.0. The Labute approximate surface area is 73.7 Å². The summed E-state index contributed by atoms with van der Waals surface area (Å²) in [5.41, 5.74) is 0. The summed E-state index contributed by atoms with van der Waals surface area (Å²) in [4.78, 5) is 0. The van der Waals surface area contributed by atoms with Gasteiger partial charge in [0, 0.05) is 0 Å². The van der Waals surface area contributed by atoms with Crippen LogP contribution >= 0.6 is 0 Å². The maximum absolute atomic E-state index is 9.78. The largest absolute Gasteiger partial charge is 2.00 e. The van der Waals surface area contributed by atoms with E-state index in [0.717, 1.165) is 0 Å². The molecule has 9 heavy (non-hydrogen) atoms. The first kappa shape index (κ1) is 12.3. The van der Waals surface area contributed by atoms with E-state index < -0.39 is 16.5 Å². The van der Waals surface area contributed by atoms with Gasteiger partial charge in [-0.05, 0) is 13.8 Å². The van der Waals surface area contributed by atoms with Crippen LogP contribution in [0.1, 0.15) is 16.7 Å². The van der Waals surface area contributed by atoms with E-state index in [1.54, 1.807) is 0 Å². The van der Waals surface area contributed by atoms with E-state index in [4.69, 9.17) is 4.55 Å². The number of hydrogen-bond acceptors (Lipinski definition) is 3. The standard InChI is InChI=1S/C3H8O4S.Mg.2H/c1-3(2)7-8(4,5)6;;;/h3H,1-2H3,(H,4,5,6);;;/q;+2;2*-1. The third-order valence-corrected chi connectivity index (χ3v) is 0.942. The van der Waals surface area contributed by atoms with Gasteiger partial charge in [0.2, 0.25) is 0 Å². The van der Waals surface area contributed by atoms with Crippen LogP contribution in [-0.2, 0) is 14.6 Å². The molecular formula is C3H10MgO4S. The van der Waals surface area contributed by atoms with Gasteiger partial charge in [-0.1, -0.05) is 0 Å². The van der Waals surface area contributed by atoms with Gasteiger partial charge in [0.1, 0.15) is 0 Å². The summed E-state index contributed by atoms with van der Waals surface area (Å²) in [6.07, 6.45) is -0.495. The fourth-order valence-corrected chi connectivity index (χ4v) is 0.730. The summed E-state index contributed by atoms with van der Waals surface area (Å²) in [7, 11) is -4.22. The first-order valence-electron chi connectivity index (χ1n) is 2.07. The molecule has 0 bridgehead atoms. The molecule has 0 aliphatic rings. The van der Waals surface area contributed by atoms with Gasteiger partial charge >= 0.3 is 33.5 Å². The molecule has 0 unspecified atom stereocenters. The molecule has 0 spiro atoms. The van der Waals surface area contributed by atoms with Crippen LogP contribution < -0.4 is 0 Å². The molecule has 0 atom stereocenters. The summed E-state index contributed by atoms with van der Waals surface area (Å²) in [6, 6.07) is 0. The van der Waals surface area contributed by atoms with Crippen molar-refractivity contribution in [1.82, 2.24) is 0 Å². The molecule has 0 radical (unpaired) electrons. The van der Waals surface area contributed by atoms with Crippen molar-refractivity contribution in [3.8, 4) is 0 Å². The van der Waals surface area contributed by atoms with Crippen molar-refractivity contribution < 1.29 is 20.0 Å². The van der Waals surface area contributed by atoms with E-state index in [1.165, 1.54) is 13.8 Å². The molecular weight excluding hydrogens is 156 g/mol. The van der Waals surface area contributed by atoms with Crippen LogP contribution in [0, 0.1) is 0 Å². The second-order valence-corrected chi connectivity index (χ2v) is 2.62. The Kier molecular flexibility index (Phi) is 6.10. The molecule has 0 fully saturated rings. The maximum atomic E-state index is 9.78. The van der Waals surface area contributed by atoms with Gasteiger partial charge in [0.25, 0.3) is 0 Å². The van der Waals surface area contributed by atoms with Crippen LogP contribution in [0.4, 0.5) is 0 Å². The van der Waals surface area contributed by atoms with Crippen molar-refractivity contribution in [3.05, 3.63) is 0 Å². The fraction of sp³-hybridized carbons (Fsp3) is 1.00. The molecule has 0 aromatic rings. The normalized spacial score (nSPS) is 11.1. The topological polar surface area (TPSA) is 63.6 Å². The molecule has 0 aromatic carbocycles. The van der Waals surface area contributed by atoms with Crippen molar-refractivity contribution in [3.63, 3.8) is 0 Å². The van der Waals surface area contributed by atoms with Crippen molar-refractivity contribution in [2.45, 2.75) is 20.0 Å². The van der Waals surface area contributed by atoms with E-state index in [0.29, 0.717) is 0 Å². The van der Waals surface area contributed by atoms with E-state index in [1.807, 2.05) is 0 Å². The molecule has 0 rings (SSSR count). The van der Waals surface area contributed by atoms with Crippen LogP contribution in [0.25, 0.3) is 0 Å². The monoisotopic (exact) mass is 166 g/mol. The van der Waals surface area contributed by atoms with Gasteiger partial charge < -0.3 is 2.85 Å². The Balaban J connectivity index is -0.0000000817. The van der Waals surface area contributed by atoms with E-state index >= 15 is 0 Å². The molecule has 0 saturated heterocycles. The minimum Gasteiger partial charge on any atom is -1.00 e. The summed E-state index contributed by atoms with van der Waals surface area (Å²) in [5, 5.41) is 0. The summed E-state index contributed by atoms with van der Waals surface area (Å²) in [6.45, 7) is 3.02. The summed E-state index contributed by atoms with van der Waals surface area (Å²) in [5.74, 6) is 0. The van der Waals surface area contributed by atoms with Crippen molar-refractivity contribution >= 4 is 33.5 Å². The van der Waals surface area contributed by atoms with Gasteiger partial charge in [0.05, 0.1) is 6.10 Å². The first-order valence-corrected chi connectivity index (χ1v) is 3.44. The summed E-state index contributed by atoms with van der Waals surface area (Å²) >= 11 is 0. The van der Waals surface area contributed by atoms with E-state index in [2.05, 4.69) is 4.18 Å². The van der Waals surface area contributed by atoms with Crippen LogP contribution in [0.5, 0.6) is 0 Å². The molecule has 6 heteroatoms. The van der Waals surface area contributed by atoms with Crippen LogP contribution in [0.3, 0.4) is 0 Å². The smallest absolute Gasteiger partial charge is 1.00 e. The predicted octanol–water partition coefficient (Wildman–Crippen LogP) is 0.0584. The Hall–Kier alpha value is 0.636. The van der Waals surface area contributed by atoms with Gasteiger partial charge in [-0.15, -0.1) is 0 Å². The van der Waals surface area contributed by atoms with Gasteiger partial charge in [0.15, 0.2) is 0 Å². The molecule has 0 aliphatic carbocycles. The first-order chi connectivity index (χ1) is 3.42. The second kappa shape index (κ2) is 4.45. The Morgan fingerprint density at radius 1 is 1.56 bits per heavy atom. The van der Waals surface area contributed by atoms with Gasteiger partial charge in [-0.2, -0.15) is 8.42 Å². The molecule has 0 heterocycles. The molecule has 0 aliphatic heterocycles. The molecule has 54 valence electrons. The average Bonchev–Trinajstić information content (AvgIpc) is 1.21. The SMILES string of the molecule is CC(C)OS(=O)(=O)O.[H-].[H-].[Mg+2]. The second-order valence-electron chi connectivity index (χ2n) is 1.57. The van der Waals surface area contributed by atoms with Crippen molar-refractivity contribution in [1.29, 1.82) is 0 Å². The van der Waals surface area contributed by atoms with E-state index in [-0.39, 0.29) is 25.9 Å². The predicted molar refractivity (Wildman–Crippen MR) is 35.7 cm³/mol. The Bertz CT molecular complexity index is 157.